The molecule has 0 aliphatic carbocycles. The second-order valence-corrected chi connectivity index (χ2v) is 7.64. The topological polar surface area (TPSA) is 85.6 Å². The van der Waals surface area contributed by atoms with E-state index in [-0.39, 0.29) is 22.5 Å². The summed E-state index contributed by atoms with van der Waals surface area (Å²) in [6.07, 6.45) is 0.555. The standard InChI is InChI=1S/C12H16ClNO5S/c1-7-10(20(13,16)17)6-9(19-7)11(15)14-12(3)4-5-18-8(12)2/h6,8H,4-5H2,1-3H3,(H,14,15). The third-order valence-corrected chi connectivity index (χ3v) is 5.07. The molecule has 2 unspecified atom stereocenters. The summed E-state index contributed by atoms with van der Waals surface area (Å²) in [5, 5.41) is 2.82. The minimum absolute atomic E-state index is 0.0814. The van der Waals surface area contributed by atoms with Crippen molar-refractivity contribution in [3.8, 4) is 0 Å². The van der Waals surface area contributed by atoms with Gasteiger partial charge >= 0.3 is 0 Å². The van der Waals surface area contributed by atoms with Crippen molar-refractivity contribution >= 4 is 25.6 Å². The molecule has 2 atom stereocenters. The molecule has 0 radical (unpaired) electrons. The molecule has 1 N–H and O–H groups in total. The Morgan fingerprint density at radius 2 is 2.20 bits per heavy atom. The molecule has 1 aliphatic rings. The molecule has 2 rings (SSSR count). The minimum atomic E-state index is -3.93. The third kappa shape index (κ3) is 2.84. The number of furan rings is 1. The van der Waals surface area contributed by atoms with Crippen LogP contribution in [-0.4, -0.2) is 32.6 Å². The van der Waals surface area contributed by atoms with Crippen LogP contribution in [-0.2, 0) is 13.8 Å². The zero-order valence-electron chi connectivity index (χ0n) is 11.4. The van der Waals surface area contributed by atoms with Gasteiger partial charge in [0.2, 0.25) is 0 Å². The van der Waals surface area contributed by atoms with E-state index in [1.54, 1.807) is 0 Å². The van der Waals surface area contributed by atoms with Gasteiger partial charge in [-0.15, -0.1) is 0 Å². The first-order valence-corrected chi connectivity index (χ1v) is 8.43. The number of hydrogen-bond donors (Lipinski definition) is 1. The molecule has 1 aromatic heterocycles. The van der Waals surface area contributed by atoms with Crippen LogP contribution in [0.15, 0.2) is 15.4 Å². The number of nitrogens with one attached hydrogen (secondary N) is 1. The van der Waals surface area contributed by atoms with Gasteiger partial charge in [0, 0.05) is 23.4 Å². The van der Waals surface area contributed by atoms with Crippen LogP contribution in [0.4, 0.5) is 0 Å². The number of carbonyl (C=O) groups is 1. The largest absolute Gasteiger partial charge is 0.455 e. The Kier molecular flexibility index (Phi) is 3.88. The van der Waals surface area contributed by atoms with Gasteiger partial charge in [-0.1, -0.05) is 0 Å². The van der Waals surface area contributed by atoms with Crippen LogP contribution >= 0.6 is 10.7 Å². The summed E-state index contributed by atoms with van der Waals surface area (Å²) >= 11 is 0. The molecule has 1 amide bonds. The molecular weight excluding hydrogens is 306 g/mol. The van der Waals surface area contributed by atoms with E-state index in [4.69, 9.17) is 19.8 Å². The van der Waals surface area contributed by atoms with Crippen LogP contribution in [0.3, 0.4) is 0 Å². The second-order valence-electron chi connectivity index (χ2n) is 5.10. The normalized spacial score (nSPS) is 26.7. The molecule has 2 heterocycles. The van der Waals surface area contributed by atoms with Gasteiger partial charge in [-0.25, -0.2) is 8.42 Å². The molecule has 0 aromatic carbocycles. The third-order valence-electron chi connectivity index (χ3n) is 3.64. The van der Waals surface area contributed by atoms with E-state index < -0.39 is 20.5 Å². The van der Waals surface area contributed by atoms with Crippen molar-refractivity contribution < 1.29 is 22.4 Å². The van der Waals surface area contributed by atoms with Crippen molar-refractivity contribution in [3.05, 3.63) is 17.6 Å². The van der Waals surface area contributed by atoms with E-state index in [1.165, 1.54) is 6.92 Å². The first-order chi connectivity index (χ1) is 9.13. The minimum Gasteiger partial charge on any atom is -0.455 e. The van der Waals surface area contributed by atoms with Gasteiger partial charge in [0.1, 0.15) is 10.7 Å². The van der Waals surface area contributed by atoms with Gasteiger partial charge in [-0.05, 0) is 27.2 Å². The Labute approximate surface area is 121 Å². The zero-order valence-corrected chi connectivity index (χ0v) is 13.0. The first kappa shape index (κ1) is 15.3. The second kappa shape index (κ2) is 5.05. The van der Waals surface area contributed by atoms with Crippen molar-refractivity contribution in [2.45, 2.75) is 43.7 Å². The van der Waals surface area contributed by atoms with Crippen molar-refractivity contribution in [2.24, 2.45) is 0 Å². The fraction of sp³-hybridized carbons (Fsp3) is 0.583. The molecule has 0 spiro atoms. The maximum absolute atomic E-state index is 12.1. The lowest BCUT2D eigenvalue weighted by atomic mass is 9.94. The summed E-state index contributed by atoms with van der Waals surface area (Å²) in [6, 6.07) is 1.14. The highest BCUT2D eigenvalue weighted by atomic mass is 35.7. The smallest absolute Gasteiger partial charge is 0.287 e. The van der Waals surface area contributed by atoms with Crippen LogP contribution in [0.5, 0.6) is 0 Å². The molecule has 8 heteroatoms. The van der Waals surface area contributed by atoms with Gasteiger partial charge in [0.05, 0.1) is 11.6 Å². The van der Waals surface area contributed by atoms with E-state index in [1.807, 2.05) is 13.8 Å². The van der Waals surface area contributed by atoms with Gasteiger partial charge in [-0.3, -0.25) is 4.79 Å². The number of rotatable bonds is 3. The lowest BCUT2D eigenvalue weighted by molar-refractivity contribution is 0.0708. The quantitative estimate of drug-likeness (QED) is 0.858. The van der Waals surface area contributed by atoms with Gasteiger partial charge in [0.25, 0.3) is 15.0 Å². The van der Waals surface area contributed by atoms with Crippen molar-refractivity contribution in [1.82, 2.24) is 5.32 Å². The highest BCUT2D eigenvalue weighted by Crippen LogP contribution is 2.27. The Morgan fingerprint density at radius 1 is 1.55 bits per heavy atom. The Balaban J connectivity index is 2.23. The lowest BCUT2D eigenvalue weighted by Crippen LogP contribution is -2.50. The van der Waals surface area contributed by atoms with E-state index in [0.717, 1.165) is 6.07 Å². The van der Waals surface area contributed by atoms with Crippen molar-refractivity contribution in [3.63, 3.8) is 0 Å². The lowest BCUT2D eigenvalue weighted by Gasteiger charge is -2.28. The average Bonchev–Trinajstić information content (AvgIpc) is 2.83. The molecule has 1 fully saturated rings. The predicted octanol–water partition coefficient (Wildman–Crippen LogP) is 1.81. The van der Waals surface area contributed by atoms with E-state index >= 15 is 0 Å². The summed E-state index contributed by atoms with van der Waals surface area (Å²) in [5.74, 6) is -0.479. The Hall–Kier alpha value is -1.05. The molecule has 1 aliphatic heterocycles. The highest BCUT2D eigenvalue weighted by Gasteiger charge is 2.39. The van der Waals surface area contributed by atoms with E-state index in [9.17, 15) is 13.2 Å². The molecule has 1 aromatic rings. The predicted molar refractivity (Wildman–Crippen MR) is 72.4 cm³/mol. The molecule has 0 saturated carbocycles. The monoisotopic (exact) mass is 321 g/mol. The molecule has 112 valence electrons. The SMILES string of the molecule is Cc1oc(C(=O)NC2(C)CCOC2C)cc1S(=O)(=O)Cl. The summed E-state index contributed by atoms with van der Waals surface area (Å²) in [6.45, 7) is 5.75. The fourth-order valence-electron chi connectivity index (χ4n) is 2.14. The maximum atomic E-state index is 12.1. The van der Waals surface area contributed by atoms with Gasteiger partial charge in [0.15, 0.2) is 5.76 Å². The van der Waals surface area contributed by atoms with E-state index in [0.29, 0.717) is 13.0 Å². The highest BCUT2D eigenvalue weighted by molar-refractivity contribution is 8.13. The average molecular weight is 322 g/mol. The van der Waals surface area contributed by atoms with Crippen LogP contribution in [0.25, 0.3) is 0 Å². The zero-order chi connectivity index (χ0) is 15.1. The van der Waals surface area contributed by atoms with Gasteiger partial charge in [-0.2, -0.15) is 0 Å². The Morgan fingerprint density at radius 3 is 2.65 bits per heavy atom. The van der Waals surface area contributed by atoms with Crippen molar-refractivity contribution in [1.29, 1.82) is 0 Å². The molecule has 0 bridgehead atoms. The number of amides is 1. The fourth-order valence-corrected chi connectivity index (χ4v) is 3.23. The number of aryl methyl sites for hydroxylation is 1. The summed E-state index contributed by atoms with van der Waals surface area (Å²) in [7, 11) is 1.34. The van der Waals surface area contributed by atoms with Crippen LogP contribution in [0, 0.1) is 6.92 Å². The van der Waals surface area contributed by atoms with Gasteiger partial charge < -0.3 is 14.5 Å². The summed E-state index contributed by atoms with van der Waals surface area (Å²) in [4.78, 5) is 12.0. The van der Waals surface area contributed by atoms with Crippen LogP contribution in [0.1, 0.15) is 36.6 Å². The van der Waals surface area contributed by atoms with Crippen molar-refractivity contribution in [2.75, 3.05) is 6.61 Å². The molecular formula is C12H16ClNO5S. The molecule has 20 heavy (non-hydrogen) atoms. The summed E-state index contributed by atoms with van der Waals surface area (Å²) < 4.78 is 33.2. The number of halogens is 1. The Bertz CT molecular complexity index is 638. The number of ether oxygens (including phenoxy) is 1. The summed E-state index contributed by atoms with van der Waals surface area (Å²) in [5.41, 5.74) is -0.502. The molecule has 1 saturated heterocycles. The van der Waals surface area contributed by atoms with Crippen LogP contribution in [0.2, 0.25) is 0 Å². The number of hydrogen-bond acceptors (Lipinski definition) is 5. The first-order valence-electron chi connectivity index (χ1n) is 6.13. The maximum Gasteiger partial charge on any atom is 0.287 e. The number of carbonyl (C=O) groups excluding carboxylic acids is 1. The van der Waals surface area contributed by atoms with E-state index in [2.05, 4.69) is 5.32 Å². The van der Waals surface area contributed by atoms with Crippen LogP contribution < -0.4 is 5.32 Å². The molecule has 6 nitrogen and oxygen atoms in total.